The average Bonchev–Trinajstić information content (AvgIpc) is 3.22. The van der Waals surface area contributed by atoms with E-state index < -0.39 is 71.7 Å². The zero-order chi connectivity index (χ0) is 42.3. The first-order chi connectivity index (χ1) is 27.6. The highest BCUT2D eigenvalue weighted by Gasteiger charge is 2.39. The smallest absolute Gasteiger partial charge is 0.246 e. The summed E-state index contributed by atoms with van der Waals surface area (Å²) < 4.78 is 17.0. The van der Waals surface area contributed by atoms with Gasteiger partial charge in [0.05, 0.1) is 14.2 Å². The van der Waals surface area contributed by atoms with Crippen molar-refractivity contribution in [1.82, 2.24) is 30.7 Å². The molecule has 3 aromatic rings. The summed E-state index contributed by atoms with van der Waals surface area (Å²) in [6.07, 6.45) is 0.916. The maximum Gasteiger partial charge on any atom is 0.246 e. The SMILES string of the molecule is CCC[C@@H]1NC(=O)[C@@H](C)NC(=O)[C@@H]2Cc3ccc(OC)c(c3)Oc3ccc(cc3)C[C@@H](C(=O)N2C)N(C)C(=O)[C@H](C)NC(=O)[C@H](Cc2ccc(OC)cc2)N(C)C1=O. The zero-order valence-electron chi connectivity index (χ0n) is 34.4. The maximum absolute atomic E-state index is 14.7. The topological polar surface area (TPSA) is 176 Å². The molecule has 3 aliphatic heterocycles. The molecule has 310 valence electrons. The van der Waals surface area contributed by atoms with Gasteiger partial charge in [-0.25, -0.2) is 0 Å². The number of rotatable bonds is 6. The fourth-order valence-electron chi connectivity index (χ4n) is 7.22. The molecular formula is C43H54N6O9. The van der Waals surface area contributed by atoms with Crippen LogP contribution in [-0.4, -0.2) is 122 Å². The van der Waals surface area contributed by atoms with Gasteiger partial charge in [0.25, 0.3) is 0 Å². The van der Waals surface area contributed by atoms with Gasteiger partial charge in [-0.05, 0) is 73.4 Å². The molecule has 1 fully saturated rings. The van der Waals surface area contributed by atoms with Crippen molar-refractivity contribution in [3.8, 4) is 23.0 Å². The van der Waals surface area contributed by atoms with E-state index in [2.05, 4.69) is 16.0 Å². The molecule has 6 atom stereocenters. The first kappa shape index (κ1) is 43.0. The normalized spacial score (nSPS) is 23.9. The molecule has 6 bridgehead atoms. The van der Waals surface area contributed by atoms with Crippen LogP contribution in [0.3, 0.4) is 0 Å². The van der Waals surface area contributed by atoms with E-state index in [0.29, 0.717) is 40.5 Å². The Morgan fingerprint density at radius 2 is 1.28 bits per heavy atom. The van der Waals surface area contributed by atoms with Crippen LogP contribution in [0.4, 0.5) is 0 Å². The number of carbonyl (C=O) groups is 6. The van der Waals surface area contributed by atoms with Crippen LogP contribution in [-0.2, 0) is 48.0 Å². The Hall–Kier alpha value is -6.12. The molecular weight excluding hydrogens is 745 g/mol. The largest absolute Gasteiger partial charge is 0.497 e. The third-order valence-corrected chi connectivity index (χ3v) is 10.8. The molecule has 0 aromatic heterocycles. The van der Waals surface area contributed by atoms with Crippen LogP contribution in [0, 0.1) is 0 Å². The average molecular weight is 799 g/mol. The maximum atomic E-state index is 14.7. The Labute approximate surface area is 339 Å². The molecule has 0 radical (unpaired) electrons. The van der Waals surface area contributed by atoms with Gasteiger partial charge in [0.2, 0.25) is 35.4 Å². The summed E-state index contributed by atoms with van der Waals surface area (Å²) in [5.74, 6) is -1.51. The van der Waals surface area contributed by atoms with Gasteiger partial charge in [0.1, 0.15) is 47.8 Å². The number of likely N-dealkylation sites (N-methyl/N-ethyl adjacent to an activating group) is 3. The van der Waals surface area contributed by atoms with Gasteiger partial charge in [-0.1, -0.05) is 43.7 Å². The van der Waals surface area contributed by atoms with E-state index in [4.69, 9.17) is 14.2 Å². The summed E-state index contributed by atoms with van der Waals surface area (Å²) in [7, 11) is 7.51. The van der Waals surface area contributed by atoms with Crippen molar-refractivity contribution < 1.29 is 43.0 Å². The lowest BCUT2D eigenvalue weighted by atomic mass is 9.98. The molecule has 15 nitrogen and oxygen atoms in total. The van der Waals surface area contributed by atoms with Crippen LogP contribution < -0.4 is 30.2 Å². The predicted octanol–water partition coefficient (Wildman–Crippen LogP) is 2.63. The molecule has 58 heavy (non-hydrogen) atoms. The minimum Gasteiger partial charge on any atom is -0.497 e. The third kappa shape index (κ3) is 9.87. The van der Waals surface area contributed by atoms with Gasteiger partial charge >= 0.3 is 0 Å². The van der Waals surface area contributed by atoms with Crippen molar-refractivity contribution in [2.75, 3.05) is 35.4 Å². The molecule has 3 aliphatic rings. The second-order valence-electron chi connectivity index (χ2n) is 14.9. The standard InChI is InChI=1S/C43H54N6O9/c1-9-10-32-42(54)47(4)33(21-27-11-16-30(56-7)17-12-27)40(52)45-26(3)41(53)49(6)35-22-28-13-18-31(19-14-28)58-37-24-29(15-20-36(37)57-8)23-34(48(5)43(35)55)39(51)44-25(2)38(50)46-32/h11-20,24-26,32-35H,9-10,21-23H2,1-8H3,(H,44,51)(H,45,52)(H,46,50)/t25-,26+,32+,33+,34+,35+/m1/s1. The highest BCUT2D eigenvalue weighted by Crippen LogP contribution is 2.34. The third-order valence-electron chi connectivity index (χ3n) is 10.8. The van der Waals surface area contributed by atoms with Crippen LogP contribution >= 0.6 is 0 Å². The van der Waals surface area contributed by atoms with Crippen LogP contribution in [0.5, 0.6) is 23.0 Å². The predicted molar refractivity (Wildman–Crippen MR) is 215 cm³/mol. The molecule has 3 aromatic carbocycles. The van der Waals surface area contributed by atoms with E-state index in [1.54, 1.807) is 73.8 Å². The number of methoxy groups -OCH3 is 2. The summed E-state index contributed by atoms with van der Waals surface area (Å²) in [6, 6.07) is 12.6. The van der Waals surface area contributed by atoms with Crippen molar-refractivity contribution in [2.24, 2.45) is 0 Å². The van der Waals surface area contributed by atoms with E-state index in [0.717, 1.165) is 5.56 Å². The van der Waals surface area contributed by atoms with Crippen LogP contribution in [0.15, 0.2) is 66.7 Å². The Morgan fingerprint density at radius 1 is 0.655 bits per heavy atom. The number of nitrogens with zero attached hydrogens (tertiary/aromatic N) is 3. The second kappa shape index (κ2) is 18.9. The van der Waals surface area contributed by atoms with Gasteiger partial charge < -0.3 is 44.9 Å². The quantitative estimate of drug-likeness (QED) is 0.339. The molecule has 3 heterocycles. The lowest BCUT2D eigenvalue weighted by Gasteiger charge is -2.37. The number of ether oxygens (including phenoxy) is 3. The van der Waals surface area contributed by atoms with Crippen molar-refractivity contribution in [3.63, 3.8) is 0 Å². The van der Waals surface area contributed by atoms with E-state index in [-0.39, 0.29) is 25.7 Å². The summed E-state index contributed by atoms with van der Waals surface area (Å²) in [4.78, 5) is 89.3. The van der Waals surface area contributed by atoms with Crippen molar-refractivity contribution in [1.29, 1.82) is 0 Å². The molecule has 0 unspecified atom stereocenters. The van der Waals surface area contributed by atoms with Gasteiger partial charge in [-0.2, -0.15) is 0 Å². The Morgan fingerprint density at radius 3 is 1.91 bits per heavy atom. The zero-order valence-corrected chi connectivity index (χ0v) is 34.4. The fraction of sp³-hybridized carbons (Fsp3) is 0.442. The number of nitrogens with one attached hydrogen (secondary N) is 3. The Kier molecular flexibility index (Phi) is 14.0. The number of carbonyl (C=O) groups excluding carboxylic acids is 6. The van der Waals surface area contributed by atoms with Crippen LogP contribution in [0.2, 0.25) is 0 Å². The minimum atomic E-state index is -1.16. The lowest BCUT2D eigenvalue weighted by molar-refractivity contribution is -0.149. The number of fused-ring (bicyclic) bond motifs is 2. The first-order valence-electron chi connectivity index (χ1n) is 19.4. The number of amides is 6. The Balaban J connectivity index is 1.60. The molecule has 15 heteroatoms. The first-order valence-corrected chi connectivity index (χ1v) is 19.4. The fourth-order valence-corrected chi connectivity index (χ4v) is 7.22. The summed E-state index contributed by atoms with van der Waals surface area (Å²) in [5, 5.41) is 8.36. The van der Waals surface area contributed by atoms with E-state index in [9.17, 15) is 28.8 Å². The minimum absolute atomic E-state index is 0.00845. The van der Waals surface area contributed by atoms with Crippen LogP contribution in [0.25, 0.3) is 0 Å². The highest BCUT2D eigenvalue weighted by atomic mass is 16.5. The van der Waals surface area contributed by atoms with Gasteiger partial charge in [0.15, 0.2) is 11.5 Å². The number of hydrogen-bond donors (Lipinski definition) is 3. The molecule has 6 rings (SSSR count). The molecule has 1 saturated heterocycles. The number of benzene rings is 3. The second-order valence-corrected chi connectivity index (χ2v) is 14.9. The van der Waals surface area contributed by atoms with Gasteiger partial charge in [-0.15, -0.1) is 0 Å². The van der Waals surface area contributed by atoms with Crippen LogP contribution in [0.1, 0.15) is 50.3 Å². The van der Waals surface area contributed by atoms with Gasteiger partial charge in [0, 0.05) is 40.4 Å². The van der Waals surface area contributed by atoms with Gasteiger partial charge in [-0.3, -0.25) is 28.8 Å². The van der Waals surface area contributed by atoms with E-state index in [1.807, 2.05) is 6.92 Å². The van der Waals surface area contributed by atoms with Crippen molar-refractivity contribution in [3.05, 3.63) is 83.4 Å². The van der Waals surface area contributed by atoms with E-state index in [1.165, 1.54) is 56.8 Å². The molecule has 0 aliphatic carbocycles. The Bertz CT molecular complexity index is 1990. The highest BCUT2D eigenvalue weighted by molar-refractivity contribution is 5.98. The summed E-state index contributed by atoms with van der Waals surface area (Å²) >= 11 is 0. The van der Waals surface area contributed by atoms with Crippen molar-refractivity contribution in [2.45, 2.75) is 89.1 Å². The molecule has 0 saturated carbocycles. The molecule has 3 N–H and O–H groups in total. The lowest BCUT2D eigenvalue weighted by Crippen LogP contribution is -2.62. The summed E-state index contributed by atoms with van der Waals surface area (Å²) in [5.41, 5.74) is 2.04. The number of hydrogen-bond acceptors (Lipinski definition) is 9. The molecule has 0 spiro atoms. The summed E-state index contributed by atoms with van der Waals surface area (Å²) in [6.45, 7) is 4.87. The monoisotopic (exact) mass is 798 g/mol. The van der Waals surface area contributed by atoms with Crippen molar-refractivity contribution >= 4 is 35.4 Å². The van der Waals surface area contributed by atoms with E-state index >= 15 is 0 Å². The molecule has 6 amide bonds.